The lowest BCUT2D eigenvalue weighted by molar-refractivity contribution is -0.539. The van der Waals surface area contributed by atoms with E-state index >= 15 is 0 Å². The molecule has 3 aromatic rings. The number of benzene rings is 2. The second-order valence-corrected chi connectivity index (χ2v) is 7.24. The fourth-order valence-electron chi connectivity index (χ4n) is 2.66. The highest BCUT2D eigenvalue weighted by molar-refractivity contribution is 7.85. The Bertz CT molecular complexity index is 1050. The summed E-state index contributed by atoms with van der Waals surface area (Å²) in [4.78, 5) is -0.178. The van der Waals surface area contributed by atoms with Crippen molar-refractivity contribution < 1.29 is 17.5 Å². The van der Waals surface area contributed by atoms with Gasteiger partial charge in [0.15, 0.2) is 12.4 Å². The number of anilines is 1. The molecule has 0 saturated carbocycles. The summed E-state index contributed by atoms with van der Waals surface area (Å²) in [7, 11) is -4.27. The molecule has 6 heteroatoms. The molecule has 0 amide bonds. The van der Waals surface area contributed by atoms with Crippen LogP contribution in [0.2, 0.25) is 0 Å². The van der Waals surface area contributed by atoms with Gasteiger partial charge in [0, 0.05) is 11.5 Å². The Balaban J connectivity index is 0.000000151. The molecule has 1 N–H and O–H groups in total. The minimum Gasteiger partial charge on any atom is -0.744 e. The van der Waals surface area contributed by atoms with Gasteiger partial charge < -0.3 is 9.87 Å². The zero-order chi connectivity index (χ0) is 18.0. The molecule has 5 nitrogen and oxygen atoms in total. The number of hydrogen-bond donors (Lipinski definition) is 1. The van der Waals surface area contributed by atoms with Crippen LogP contribution in [0.3, 0.4) is 0 Å². The van der Waals surface area contributed by atoms with Crippen molar-refractivity contribution in [1.82, 2.24) is 0 Å². The number of hydrogen-bond acceptors (Lipinski definition) is 4. The second-order valence-electron chi connectivity index (χ2n) is 5.86. The minimum atomic E-state index is -4.27. The largest absolute Gasteiger partial charge is 0.744 e. The molecular weight excluding hydrogens is 336 g/mol. The standard InChI is InChI=1S/C12H11N2.C7H8O3S/c1-9-8-14-7-3-5-10-4-2-6-11(13-9)12(10)14;1-6-2-4-7(5-3-6)11(8,9)10/h2-8,13H,1H3;2-5H,1H3,(H,8,9,10)/q+1;/p-1. The molecule has 128 valence electrons. The number of aryl methyl sites for hydroxylation is 1. The van der Waals surface area contributed by atoms with Crippen LogP contribution in [0.5, 0.6) is 0 Å². The van der Waals surface area contributed by atoms with E-state index in [1.807, 2.05) is 6.92 Å². The third kappa shape index (κ3) is 3.87. The smallest absolute Gasteiger partial charge is 0.241 e. The van der Waals surface area contributed by atoms with E-state index in [-0.39, 0.29) is 4.90 Å². The molecule has 1 aliphatic heterocycles. The predicted molar refractivity (Wildman–Crippen MR) is 96.9 cm³/mol. The third-order valence-electron chi connectivity index (χ3n) is 3.82. The summed E-state index contributed by atoms with van der Waals surface area (Å²) in [6, 6.07) is 16.3. The molecule has 0 fully saturated rings. The summed E-state index contributed by atoms with van der Waals surface area (Å²) in [6.07, 6.45) is 4.19. The number of pyridine rings is 1. The molecule has 2 heterocycles. The molecule has 0 bridgehead atoms. The van der Waals surface area contributed by atoms with Gasteiger partial charge in [-0.1, -0.05) is 23.8 Å². The van der Waals surface area contributed by atoms with Crippen molar-refractivity contribution in [1.29, 1.82) is 0 Å². The number of rotatable bonds is 1. The van der Waals surface area contributed by atoms with Crippen molar-refractivity contribution in [3.8, 4) is 0 Å². The number of allylic oxidation sites excluding steroid dienone is 1. The van der Waals surface area contributed by atoms with Gasteiger partial charge in [0.05, 0.1) is 10.6 Å². The SMILES string of the molecule is CC1=C[n+]2cccc3cccc(c32)N1.Cc1ccc(S(=O)(=O)[O-])cc1. The van der Waals surface area contributed by atoms with Gasteiger partial charge in [-0.05, 0) is 44.2 Å². The van der Waals surface area contributed by atoms with Gasteiger partial charge >= 0.3 is 0 Å². The van der Waals surface area contributed by atoms with E-state index in [1.54, 1.807) is 12.1 Å². The van der Waals surface area contributed by atoms with Gasteiger partial charge in [0.1, 0.15) is 15.8 Å². The van der Waals surface area contributed by atoms with Crippen LogP contribution in [0.1, 0.15) is 12.5 Å². The highest BCUT2D eigenvalue weighted by atomic mass is 32.2. The van der Waals surface area contributed by atoms with Crippen molar-refractivity contribution >= 4 is 32.9 Å². The van der Waals surface area contributed by atoms with Crippen molar-refractivity contribution in [3.63, 3.8) is 0 Å². The van der Waals surface area contributed by atoms with E-state index in [0.29, 0.717) is 0 Å². The van der Waals surface area contributed by atoms with E-state index in [0.717, 1.165) is 5.56 Å². The van der Waals surface area contributed by atoms with Crippen molar-refractivity contribution in [2.24, 2.45) is 0 Å². The summed E-state index contributed by atoms with van der Waals surface area (Å²) < 4.78 is 33.3. The van der Waals surface area contributed by atoms with Gasteiger partial charge in [-0.25, -0.2) is 8.42 Å². The zero-order valence-electron chi connectivity index (χ0n) is 13.9. The molecule has 0 unspecified atom stereocenters. The normalized spacial score (nSPS) is 12.7. The van der Waals surface area contributed by atoms with Gasteiger partial charge in [0.25, 0.3) is 0 Å². The highest BCUT2D eigenvalue weighted by Crippen LogP contribution is 2.23. The zero-order valence-corrected chi connectivity index (χ0v) is 14.7. The fourth-order valence-corrected chi connectivity index (χ4v) is 3.13. The third-order valence-corrected chi connectivity index (χ3v) is 4.67. The Morgan fingerprint density at radius 2 is 1.64 bits per heavy atom. The predicted octanol–water partition coefficient (Wildman–Crippen LogP) is 3.27. The Hall–Kier alpha value is -2.70. The Kier molecular flexibility index (Phi) is 4.57. The first-order valence-corrected chi connectivity index (χ1v) is 9.16. The molecule has 0 aliphatic carbocycles. The molecular formula is C19H18N2O3S. The van der Waals surface area contributed by atoms with E-state index in [1.165, 1.54) is 34.4 Å². The van der Waals surface area contributed by atoms with Crippen LogP contribution in [-0.4, -0.2) is 13.0 Å². The van der Waals surface area contributed by atoms with Crippen LogP contribution in [0.15, 0.2) is 71.4 Å². The lowest BCUT2D eigenvalue weighted by Crippen LogP contribution is -2.31. The van der Waals surface area contributed by atoms with Crippen LogP contribution in [0.4, 0.5) is 5.69 Å². The summed E-state index contributed by atoms with van der Waals surface area (Å²) in [5, 5.41) is 4.63. The van der Waals surface area contributed by atoms with Gasteiger partial charge in [-0.2, -0.15) is 4.57 Å². The van der Waals surface area contributed by atoms with E-state index in [4.69, 9.17) is 0 Å². The van der Waals surface area contributed by atoms with Crippen molar-refractivity contribution in [3.05, 3.63) is 72.1 Å². The van der Waals surface area contributed by atoms with Crippen LogP contribution < -0.4 is 9.88 Å². The molecule has 0 radical (unpaired) electrons. The molecule has 25 heavy (non-hydrogen) atoms. The summed E-state index contributed by atoms with van der Waals surface area (Å²) in [5.74, 6) is 0. The van der Waals surface area contributed by atoms with Crippen molar-refractivity contribution in [2.45, 2.75) is 18.7 Å². The molecule has 0 spiro atoms. The molecule has 2 aromatic carbocycles. The average molecular weight is 354 g/mol. The topological polar surface area (TPSA) is 73.1 Å². The van der Waals surface area contributed by atoms with Gasteiger partial charge in [-0.15, -0.1) is 0 Å². The van der Waals surface area contributed by atoms with E-state index in [9.17, 15) is 13.0 Å². The molecule has 4 rings (SSSR count). The van der Waals surface area contributed by atoms with Crippen LogP contribution in [-0.2, 0) is 10.1 Å². The Morgan fingerprint density at radius 3 is 2.32 bits per heavy atom. The monoisotopic (exact) mass is 354 g/mol. The lowest BCUT2D eigenvalue weighted by Gasteiger charge is -2.11. The molecule has 1 aliphatic rings. The quantitative estimate of drug-likeness (QED) is 0.538. The van der Waals surface area contributed by atoms with Gasteiger partial charge in [0.2, 0.25) is 5.52 Å². The number of aromatic nitrogens is 1. The summed E-state index contributed by atoms with van der Waals surface area (Å²) in [5.41, 5.74) is 4.53. The molecule has 0 atom stereocenters. The Labute approximate surface area is 147 Å². The lowest BCUT2D eigenvalue weighted by atomic mass is 10.1. The van der Waals surface area contributed by atoms with Gasteiger partial charge in [-0.3, -0.25) is 0 Å². The van der Waals surface area contributed by atoms with Crippen LogP contribution >= 0.6 is 0 Å². The maximum Gasteiger partial charge on any atom is 0.241 e. The fraction of sp³-hybridized carbons (Fsp3) is 0.105. The first-order valence-electron chi connectivity index (χ1n) is 7.75. The first kappa shape index (κ1) is 17.1. The molecule has 1 aromatic heterocycles. The Morgan fingerprint density at radius 1 is 0.960 bits per heavy atom. The maximum atomic E-state index is 10.4. The van der Waals surface area contributed by atoms with E-state index < -0.39 is 10.1 Å². The first-order chi connectivity index (χ1) is 11.8. The van der Waals surface area contributed by atoms with Crippen LogP contribution in [0.25, 0.3) is 17.1 Å². The summed E-state index contributed by atoms with van der Waals surface area (Å²) in [6.45, 7) is 3.89. The molecule has 0 saturated heterocycles. The highest BCUT2D eigenvalue weighted by Gasteiger charge is 2.16. The van der Waals surface area contributed by atoms with E-state index in [2.05, 4.69) is 59.5 Å². The number of para-hydroxylation sites is 1. The van der Waals surface area contributed by atoms with Crippen LogP contribution in [0, 0.1) is 6.92 Å². The number of nitrogens with one attached hydrogen (secondary N) is 1. The number of nitrogens with zero attached hydrogens (tertiary/aromatic N) is 1. The minimum absolute atomic E-state index is 0.178. The van der Waals surface area contributed by atoms with Crippen molar-refractivity contribution in [2.75, 3.05) is 5.32 Å². The summed E-state index contributed by atoms with van der Waals surface area (Å²) >= 11 is 0. The second kappa shape index (κ2) is 6.66. The average Bonchev–Trinajstić information content (AvgIpc) is 2.55. The maximum absolute atomic E-state index is 10.4.